The highest BCUT2D eigenvalue weighted by Gasteiger charge is 2.04. The molecule has 2 nitrogen and oxygen atoms in total. The quantitative estimate of drug-likeness (QED) is 0.764. The summed E-state index contributed by atoms with van der Waals surface area (Å²) in [6, 6.07) is 2.11. The van der Waals surface area contributed by atoms with E-state index in [2.05, 4.69) is 43.2 Å². The lowest BCUT2D eigenvalue weighted by Gasteiger charge is -2.07. The van der Waals surface area contributed by atoms with Crippen molar-refractivity contribution >= 4 is 43.2 Å². The molecular formula is C10H15Br2NOS. The molecule has 0 saturated heterocycles. The van der Waals surface area contributed by atoms with Crippen molar-refractivity contribution < 1.29 is 5.11 Å². The third-order valence-corrected chi connectivity index (χ3v) is 5.38. The molecule has 0 aliphatic rings. The molecule has 1 aromatic heterocycles. The highest BCUT2D eigenvalue weighted by atomic mass is 79.9. The van der Waals surface area contributed by atoms with Crippen LogP contribution in [0, 0.1) is 0 Å². The van der Waals surface area contributed by atoms with E-state index in [1.165, 1.54) is 4.88 Å². The topological polar surface area (TPSA) is 32.3 Å². The van der Waals surface area contributed by atoms with Crippen LogP contribution in [0.4, 0.5) is 0 Å². The summed E-state index contributed by atoms with van der Waals surface area (Å²) >= 11 is 8.64. The third kappa shape index (κ3) is 4.95. The van der Waals surface area contributed by atoms with Gasteiger partial charge in [-0.25, -0.2) is 0 Å². The van der Waals surface area contributed by atoms with Crippen LogP contribution in [-0.2, 0) is 6.54 Å². The fourth-order valence-corrected chi connectivity index (χ4v) is 3.31. The highest BCUT2D eigenvalue weighted by Crippen LogP contribution is 2.32. The Morgan fingerprint density at radius 1 is 1.53 bits per heavy atom. The van der Waals surface area contributed by atoms with Gasteiger partial charge >= 0.3 is 0 Å². The summed E-state index contributed by atoms with van der Waals surface area (Å²) in [5.41, 5.74) is 0. The standard InChI is InChI=1S/C10H15Br2NOS/c1-2-7(14)3-4-13-6-8-5-9(11)10(12)15-8/h5,7,13-14H,2-4,6H2,1H3. The Labute approximate surface area is 111 Å². The Hall–Kier alpha value is 0.580. The number of nitrogens with one attached hydrogen (secondary N) is 1. The Morgan fingerprint density at radius 3 is 2.80 bits per heavy atom. The van der Waals surface area contributed by atoms with E-state index < -0.39 is 0 Å². The first kappa shape index (κ1) is 13.6. The first-order valence-corrected chi connectivity index (χ1v) is 7.36. The molecule has 0 radical (unpaired) electrons. The summed E-state index contributed by atoms with van der Waals surface area (Å²) in [6.07, 6.45) is 1.49. The van der Waals surface area contributed by atoms with Crippen molar-refractivity contribution in [3.8, 4) is 0 Å². The molecule has 0 aromatic carbocycles. The van der Waals surface area contributed by atoms with Crippen LogP contribution in [0.25, 0.3) is 0 Å². The number of thiophene rings is 1. The number of aliphatic hydroxyl groups is 1. The lowest BCUT2D eigenvalue weighted by molar-refractivity contribution is 0.160. The van der Waals surface area contributed by atoms with Crippen molar-refractivity contribution in [2.75, 3.05) is 6.54 Å². The largest absolute Gasteiger partial charge is 0.393 e. The van der Waals surface area contributed by atoms with E-state index in [1.807, 2.05) is 6.92 Å². The molecule has 0 spiro atoms. The van der Waals surface area contributed by atoms with Crippen LogP contribution in [0.2, 0.25) is 0 Å². The van der Waals surface area contributed by atoms with Crippen LogP contribution < -0.4 is 5.32 Å². The van der Waals surface area contributed by atoms with Gasteiger partial charge in [0.25, 0.3) is 0 Å². The van der Waals surface area contributed by atoms with Gasteiger partial charge in [0.05, 0.1) is 9.89 Å². The molecule has 15 heavy (non-hydrogen) atoms. The van der Waals surface area contributed by atoms with Gasteiger partial charge in [0.1, 0.15) is 0 Å². The Bertz CT molecular complexity index is 284. The van der Waals surface area contributed by atoms with E-state index in [-0.39, 0.29) is 6.10 Å². The average Bonchev–Trinajstić information content (AvgIpc) is 2.53. The molecule has 0 fully saturated rings. The van der Waals surface area contributed by atoms with Gasteiger partial charge in [0, 0.05) is 15.9 Å². The second-order valence-corrected chi connectivity index (χ2v) is 6.67. The van der Waals surface area contributed by atoms with Gasteiger partial charge in [-0.2, -0.15) is 0 Å². The second kappa shape index (κ2) is 7.01. The fourth-order valence-electron chi connectivity index (χ4n) is 1.16. The Morgan fingerprint density at radius 2 is 2.27 bits per heavy atom. The molecule has 1 unspecified atom stereocenters. The number of rotatable bonds is 6. The second-order valence-electron chi connectivity index (χ2n) is 3.36. The predicted molar refractivity (Wildman–Crippen MR) is 72.3 cm³/mol. The molecule has 0 aliphatic carbocycles. The molecule has 1 heterocycles. The molecule has 1 atom stereocenters. The minimum absolute atomic E-state index is 0.167. The van der Waals surface area contributed by atoms with E-state index in [0.717, 1.165) is 34.2 Å². The van der Waals surface area contributed by atoms with Crippen LogP contribution in [0.5, 0.6) is 0 Å². The number of halogens is 2. The van der Waals surface area contributed by atoms with Gasteiger partial charge in [-0.3, -0.25) is 0 Å². The molecule has 1 aromatic rings. The molecule has 0 aliphatic heterocycles. The summed E-state index contributed by atoms with van der Waals surface area (Å²) in [4.78, 5) is 1.29. The normalized spacial score (nSPS) is 13.1. The zero-order chi connectivity index (χ0) is 11.3. The van der Waals surface area contributed by atoms with Gasteiger partial charge in [0.2, 0.25) is 0 Å². The number of aliphatic hydroxyl groups excluding tert-OH is 1. The lowest BCUT2D eigenvalue weighted by atomic mass is 10.2. The zero-order valence-electron chi connectivity index (χ0n) is 8.59. The van der Waals surface area contributed by atoms with Crippen molar-refractivity contribution in [1.82, 2.24) is 5.32 Å². The Kier molecular flexibility index (Phi) is 6.38. The minimum Gasteiger partial charge on any atom is -0.393 e. The molecule has 2 N–H and O–H groups in total. The van der Waals surface area contributed by atoms with Gasteiger partial charge in [-0.05, 0) is 57.3 Å². The molecule has 0 saturated carbocycles. The summed E-state index contributed by atoms with van der Waals surface area (Å²) in [7, 11) is 0. The SMILES string of the molecule is CCC(O)CCNCc1cc(Br)c(Br)s1. The third-order valence-electron chi connectivity index (χ3n) is 2.12. The monoisotopic (exact) mass is 355 g/mol. The van der Waals surface area contributed by atoms with E-state index in [0.29, 0.717) is 0 Å². The minimum atomic E-state index is -0.167. The van der Waals surface area contributed by atoms with Crippen molar-refractivity contribution in [2.45, 2.75) is 32.4 Å². The van der Waals surface area contributed by atoms with Crippen molar-refractivity contribution in [3.63, 3.8) is 0 Å². The average molecular weight is 357 g/mol. The molecule has 86 valence electrons. The van der Waals surface area contributed by atoms with Crippen molar-refractivity contribution in [3.05, 3.63) is 19.2 Å². The smallest absolute Gasteiger partial charge is 0.0843 e. The summed E-state index contributed by atoms with van der Waals surface area (Å²) < 4.78 is 2.24. The van der Waals surface area contributed by atoms with Gasteiger partial charge < -0.3 is 10.4 Å². The summed E-state index contributed by atoms with van der Waals surface area (Å²) in [5.74, 6) is 0. The number of hydrogen-bond acceptors (Lipinski definition) is 3. The molecule has 0 bridgehead atoms. The fraction of sp³-hybridized carbons (Fsp3) is 0.600. The predicted octanol–water partition coefficient (Wildman–Crippen LogP) is 3.52. The van der Waals surface area contributed by atoms with E-state index >= 15 is 0 Å². The van der Waals surface area contributed by atoms with E-state index in [1.54, 1.807) is 11.3 Å². The summed E-state index contributed by atoms with van der Waals surface area (Å²) in [6.45, 7) is 3.73. The van der Waals surface area contributed by atoms with Crippen molar-refractivity contribution in [1.29, 1.82) is 0 Å². The molecule has 5 heteroatoms. The first-order chi connectivity index (χ1) is 7.13. The van der Waals surface area contributed by atoms with E-state index in [4.69, 9.17) is 0 Å². The Balaban J connectivity index is 2.20. The van der Waals surface area contributed by atoms with Crippen molar-refractivity contribution in [2.24, 2.45) is 0 Å². The zero-order valence-corrected chi connectivity index (χ0v) is 12.6. The summed E-state index contributed by atoms with van der Waals surface area (Å²) in [5, 5.41) is 12.7. The van der Waals surface area contributed by atoms with Gasteiger partial charge in [-0.15, -0.1) is 11.3 Å². The van der Waals surface area contributed by atoms with Crippen LogP contribution in [0.3, 0.4) is 0 Å². The maximum absolute atomic E-state index is 9.35. The van der Waals surface area contributed by atoms with E-state index in [9.17, 15) is 5.11 Å². The highest BCUT2D eigenvalue weighted by molar-refractivity contribution is 9.13. The van der Waals surface area contributed by atoms with Crippen LogP contribution in [0.1, 0.15) is 24.6 Å². The maximum atomic E-state index is 9.35. The molecule has 1 rings (SSSR count). The van der Waals surface area contributed by atoms with Crippen LogP contribution in [-0.4, -0.2) is 17.8 Å². The molecule has 0 amide bonds. The number of hydrogen-bond donors (Lipinski definition) is 2. The lowest BCUT2D eigenvalue weighted by Crippen LogP contribution is -2.19. The maximum Gasteiger partial charge on any atom is 0.0843 e. The first-order valence-electron chi connectivity index (χ1n) is 4.96. The van der Waals surface area contributed by atoms with Crippen LogP contribution in [0.15, 0.2) is 14.3 Å². The van der Waals surface area contributed by atoms with Gasteiger partial charge in [-0.1, -0.05) is 6.92 Å². The molecular weight excluding hydrogens is 342 g/mol. The van der Waals surface area contributed by atoms with Gasteiger partial charge in [0.15, 0.2) is 0 Å². The van der Waals surface area contributed by atoms with Crippen LogP contribution >= 0.6 is 43.2 Å².